The molecule has 18 heavy (non-hydrogen) atoms. The normalized spacial score (nSPS) is 23.9. The van der Waals surface area contributed by atoms with Crippen LogP contribution >= 0.6 is 0 Å². The van der Waals surface area contributed by atoms with Crippen molar-refractivity contribution in [2.75, 3.05) is 5.73 Å². The van der Waals surface area contributed by atoms with E-state index in [9.17, 15) is 0 Å². The third-order valence-corrected chi connectivity index (χ3v) is 4.40. The van der Waals surface area contributed by atoms with Gasteiger partial charge in [0.25, 0.3) is 0 Å². The van der Waals surface area contributed by atoms with Gasteiger partial charge in [-0.05, 0) is 44.6 Å². The molecule has 1 aliphatic carbocycles. The summed E-state index contributed by atoms with van der Waals surface area (Å²) in [7, 11) is 0. The number of anilines is 1. The van der Waals surface area contributed by atoms with Crippen LogP contribution in [0.25, 0.3) is 11.0 Å². The van der Waals surface area contributed by atoms with Crippen LogP contribution in [-0.2, 0) is 0 Å². The Kier molecular flexibility index (Phi) is 2.54. The Balaban J connectivity index is 2.23. The molecule has 3 rings (SSSR count). The highest BCUT2D eigenvalue weighted by atomic mass is 15.1. The Morgan fingerprint density at radius 1 is 1.28 bits per heavy atom. The molecular formula is C14H20N4. The van der Waals surface area contributed by atoms with Crippen molar-refractivity contribution in [2.24, 2.45) is 5.92 Å². The molecule has 0 amide bonds. The molecule has 0 spiro atoms. The van der Waals surface area contributed by atoms with Gasteiger partial charge >= 0.3 is 0 Å². The lowest BCUT2D eigenvalue weighted by Gasteiger charge is -2.16. The Morgan fingerprint density at radius 3 is 2.72 bits per heavy atom. The zero-order valence-corrected chi connectivity index (χ0v) is 11.3. The van der Waals surface area contributed by atoms with Crippen LogP contribution in [0.15, 0.2) is 6.33 Å². The second-order valence-corrected chi connectivity index (χ2v) is 5.61. The SMILES string of the molecule is Cc1c(C)n(C2CCC(C)C2)c2ncnc(N)c12. The van der Waals surface area contributed by atoms with Crippen molar-refractivity contribution in [1.82, 2.24) is 14.5 Å². The second-order valence-electron chi connectivity index (χ2n) is 5.61. The van der Waals surface area contributed by atoms with E-state index in [-0.39, 0.29) is 0 Å². The van der Waals surface area contributed by atoms with Crippen LogP contribution in [0.5, 0.6) is 0 Å². The lowest BCUT2D eigenvalue weighted by molar-refractivity contribution is 0.496. The van der Waals surface area contributed by atoms with Gasteiger partial charge in [-0.1, -0.05) is 6.92 Å². The molecule has 0 bridgehead atoms. The highest BCUT2D eigenvalue weighted by Crippen LogP contribution is 2.39. The first-order chi connectivity index (χ1) is 8.59. The number of nitrogen functional groups attached to an aromatic ring is 1. The lowest BCUT2D eigenvalue weighted by Crippen LogP contribution is -2.08. The van der Waals surface area contributed by atoms with E-state index in [2.05, 4.69) is 35.3 Å². The predicted molar refractivity (Wildman–Crippen MR) is 73.5 cm³/mol. The Bertz CT molecular complexity index is 599. The Hall–Kier alpha value is -1.58. The number of hydrogen-bond donors (Lipinski definition) is 1. The molecule has 2 aromatic heterocycles. The average Bonchev–Trinajstić information content (AvgIpc) is 2.84. The summed E-state index contributed by atoms with van der Waals surface area (Å²) in [5.74, 6) is 1.41. The van der Waals surface area contributed by atoms with Gasteiger partial charge in [0.1, 0.15) is 17.8 Å². The molecule has 96 valence electrons. The molecule has 2 aromatic rings. The smallest absolute Gasteiger partial charge is 0.146 e. The molecule has 0 radical (unpaired) electrons. The zero-order valence-electron chi connectivity index (χ0n) is 11.3. The van der Waals surface area contributed by atoms with E-state index in [1.807, 2.05) is 0 Å². The van der Waals surface area contributed by atoms with Crippen molar-refractivity contribution in [2.45, 2.75) is 46.1 Å². The van der Waals surface area contributed by atoms with Crippen molar-refractivity contribution in [3.05, 3.63) is 17.6 Å². The summed E-state index contributed by atoms with van der Waals surface area (Å²) in [4.78, 5) is 8.58. The first kappa shape index (κ1) is 11.5. The molecule has 2 N–H and O–H groups in total. The fraction of sp³-hybridized carbons (Fsp3) is 0.571. The van der Waals surface area contributed by atoms with Crippen molar-refractivity contribution < 1.29 is 0 Å². The van der Waals surface area contributed by atoms with E-state index >= 15 is 0 Å². The molecular weight excluding hydrogens is 224 g/mol. The molecule has 1 fully saturated rings. The van der Waals surface area contributed by atoms with Gasteiger partial charge in [-0.15, -0.1) is 0 Å². The van der Waals surface area contributed by atoms with E-state index in [0.717, 1.165) is 17.0 Å². The maximum atomic E-state index is 6.00. The monoisotopic (exact) mass is 244 g/mol. The maximum absolute atomic E-state index is 6.00. The predicted octanol–water partition coefficient (Wildman–Crippen LogP) is 2.99. The number of nitrogens with zero attached hydrogens (tertiary/aromatic N) is 3. The van der Waals surface area contributed by atoms with Gasteiger partial charge in [-0.25, -0.2) is 9.97 Å². The summed E-state index contributed by atoms with van der Waals surface area (Å²) in [5, 5.41) is 1.04. The summed E-state index contributed by atoms with van der Waals surface area (Å²) in [6.07, 6.45) is 5.37. The third kappa shape index (κ3) is 1.51. The van der Waals surface area contributed by atoms with E-state index in [0.29, 0.717) is 11.9 Å². The first-order valence-electron chi connectivity index (χ1n) is 6.67. The van der Waals surface area contributed by atoms with Crippen LogP contribution < -0.4 is 5.73 Å². The van der Waals surface area contributed by atoms with Crippen molar-refractivity contribution in [1.29, 1.82) is 0 Å². The van der Waals surface area contributed by atoms with Crippen molar-refractivity contribution in [3.63, 3.8) is 0 Å². The standard InChI is InChI=1S/C14H20N4/c1-8-4-5-11(6-8)18-10(3)9(2)12-13(15)16-7-17-14(12)18/h7-8,11H,4-6H2,1-3H3,(H2,15,16,17). The zero-order chi connectivity index (χ0) is 12.9. The van der Waals surface area contributed by atoms with Gasteiger partial charge in [-0.2, -0.15) is 0 Å². The number of aryl methyl sites for hydroxylation is 1. The van der Waals surface area contributed by atoms with Crippen LogP contribution in [0.1, 0.15) is 43.5 Å². The number of hydrogen-bond acceptors (Lipinski definition) is 3. The average molecular weight is 244 g/mol. The Labute approximate surface area is 107 Å². The minimum absolute atomic E-state index is 0.575. The third-order valence-electron chi connectivity index (χ3n) is 4.40. The number of rotatable bonds is 1. The van der Waals surface area contributed by atoms with Crippen LogP contribution in [0, 0.1) is 19.8 Å². The lowest BCUT2D eigenvalue weighted by atomic mass is 10.1. The Morgan fingerprint density at radius 2 is 2.06 bits per heavy atom. The van der Waals surface area contributed by atoms with Gasteiger partial charge in [0.15, 0.2) is 0 Å². The summed E-state index contributed by atoms with van der Waals surface area (Å²) >= 11 is 0. The van der Waals surface area contributed by atoms with Gasteiger partial charge in [0.2, 0.25) is 0 Å². The highest BCUT2D eigenvalue weighted by molar-refractivity contribution is 5.90. The van der Waals surface area contributed by atoms with E-state index in [1.165, 1.54) is 30.5 Å². The second kappa shape index (κ2) is 3.97. The van der Waals surface area contributed by atoms with Gasteiger partial charge < -0.3 is 10.3 Å². The molecule has 4 heteroatoms. The molecule has 0 saturated heterocycles. The summed E-state index contributed by atoms with van der Waals surface area (Å²) in [5.41, 5.74) is 9.52. The van der Waals surface area contributed by atoms with Crippen LogP contribution in [0.3, 0.4) is 0 Å². The van der Waals surface area contributed by atoms with Crippen LogP contribution in [-0.4, -0.2) is 14.5 Å². The van der Waals surface area contributed by atoms with E-state index in [1.54, 1.807) is 6.33 Å². The van der Waals surface area contributed by atoms with Gasteiger partial charge in [0.05, 0.1) is 5.39 Å². The minimum Gasteiger partial charge on any atom is -0.383 e. The summed E-state index contributed by atoms with van der Waals surface area (Å²) in [6.45, 7) is 6.61. The van der Waals surface area contributed by atoms with Crippen molar-refractivity contribution >= 4 is 16.9 Å². The highest BCUT2D eigenvalue weighted by Gasteiger charge is 2.27. The molecule has 1 aliphatic rings. The van der Waals surface area contributed by atoms with E-state index in [4.69, 9.17) is 5.73 Å². The molecule has 2 atom stereocenters. The molecule has 0 aliphatic heterocycles. The summed E-state index contributed by atoms with van der Waals surface area (Å²) in [6, 6.07) is 0.575. The fourth-order valence-electron chi connectivity index (χ4n) is 3.31. The molecule has 0 aromatic carbocycles. The topological polar surface area (TPSA) is 56.7 Å². The minimum atomic E-state index is 0.575. The number of nitrogens with two attached hydrogens (primary N) is 1. The molecule has 2 heterocycles. The molecule has 2 unspecified atom stereocenters. The maximum Gasteiger partial charge on any atom is 0.146 e. The van der Waals surface area contributed by atoms with Gasteiger partial charge in [-0.3, -0.25) is 0 Å². The summed E-state index contributed by atoms with van der Waals surface area (Å²) < 4.78 is 2.38. The fourth-order valence-corrected chi connectivity index (χ4v) is 3.31. The van der Waals surface area contributed by atoms with E-state index < -0.39 is 0 Å². The number of fused-ring (bicyclic) bond motifs is 1. The molecule has 1 saturated carbocycles. The number of aromatic nitrogens is 3. The largest absolute Gasteiger partial charge is 0.383 e. The van der Waals surface area contributed by atoms with Crippen molar-refractivity contribution in [3.8, 4) is 0 Å². The van der Waals surface area contributed by atoms with Crippen LogP contribution in [0.4, 0.5) is 5.82 Å². The molecule has 4 nitrogen and oxygen atoms in total. The van der Waals surface area contributed by atoms with Gasteiger partial charge in [0, 0.05) is 11.7 Å². The quantitative estimate of drug-likeness (QED) is 0.839. The van der Waals surface area contributed by atoms with Crippen LogP contribution in [0.2, 0.25) is 0 Å². The first-order valence-corrected chi connectivity index (χ1v) is 6.67.